The Morgan fingerprint density at radius 3 is 2.22 bits per heavy atom. The number of alkyl halides is 3. The molecule has 0 amide bonds. The van der Waals surface area contributed by atoms with Crippen molar-refractivity contribution < 1.29 is 37.5 Å². The summed E-state index contributed by atoms with van der Waals surface area (Å²) in [4.78, 5) is 32.2. The third-order valence-corrected chi connectivity index (χ3v) is 3.54. The highest BCUT2D eigenvalue weighted by molar-refractivity contribution is 6.32. The van der Waals surface area contributed by atoms with Crippen LogP contribution in [0, 0.1) is 10.1 Å². The number of halogens is 3. The molecule has 0 bridgehead atoms. The number of hydrogen-bond donors (Lipinski definition) is 0. The lowest BCUT2D eigenvalue weighted by molar-refractivity contribution is -0.386. The van der Waals surface area contributed by atoms with E-state index in [-0.39, 0.29) is 6.61 Å². The molecule has 0 N–H and O–H groups in total. The molecule has 0 spiro atoms. The van der Waals surface area contributed by atoms with Gasteiger partial charge in [0, 0.05) is 6.42 Å². The van der Waals surface area contributed by atoms with Crippen LogP contribution in [0.4, 0.5) is 18.9 Å². The van der Waals surface area contributed by atoms with Gasteiger partial charge in [0.1, 0.15) is 12.6 Å². The summed E-state index contributed by atoms with van der Waals surface area (Å²) >= 11 is 0. The van der Waals surface area contributed by atoms with Gasteiger partial charge in [-0.2, -0.15) is 13.2 Å². The molecule has 0 saturated heterocycles. The molecule has 0 aromatic heterocycles. The van der Waals surface area contributed by atoms with Crippen LogP contribution in [-0.4, -0.2) is 16.7 Å². The Morgan fingerprint density at radius 1 is 1.07 bits per heavy atom. The van der Waals surface area contributed by atoms with E-state index >= 15 is 0 Å². The minimum atomic E-state index is -5.04. The number of rotatable bonds is 7. The first-order chi connectivity index (χ1) is 12.6. The van der Waals surface area contributed by atoms with Crippen LogP contribution in [0.5, 0.6) is 5.75 Å². The van der Waals surface area contributed by atoms with Gasteiger partial charge in [0.2, 0.25) is 0 Å². The average molecular weight is 382 g/mol. The second-order valence-electron chi connectivity index (χ2n) is 5.35. The Labute approximate surface area is 150 Å². The molecular formula is C17H11F3NO6-. The van der Waals surface area contributed by atoms with Gasteiger partial charge in [-0.1, -0.05) is 30.3 Å². The van der Waals surface area contributed by atoms with E-state index in [1.165, 1.54) is 0 Å². The number of ketones is 1. The second-order valence-corrected chi connectivity index (χ2v) is 5.35. The summed E-state index contributed by atoms with van der Waals surface area (Å²) in [7, 11) is 0. The number of nitro benzene ring substituents is 1. The first kappa shape index (κ1) is 19.9. The zero-order valence-corrected chi connectivity index (χ0v) is 13.5. The van der Waals surface area contributed by atoms with Crippen molar-refractivity contribution >= 4 is 17.4 Å². The molecule has 2 rings (SSSR count). The SMILES string of the molecule is O=C([O-])C(=O)Cc1c(C(F)(F)F)ccc(OCc2ccccc2)c1[N+](=O)[O-]. The molecule has 0 radical (unpaired) electrons. The predicted molar refractivity (Wildman–Crippen MR) is 82.6 cm³/mol. The Balaban J connectivity index is 2.52. The zero-order chi connectivity index (χ0) is 20.2. The number of benzene rings is 2. The van der Waals surface area contributed by atoms with Crippen molar-refractivity contribution in [3.05, 3.63) is 69.3 Å². The average Bonchev–Trinajstić information content (AvgIpc) is 2.59. The number of nitrogens with zero attached hydrogens (tertiary/aromatic N) is 1. The lowest BCUT2D eigenvalue weighted by Gasteiger charge is -2.16. The fraction of sp³-hybridized carbons (Fsp3) is 0.176. The minimum Gasteiger partial charge on any atom is -0.542 e. The van der Waals surface area contributed by atoms with Crippen LogP contribution in [0.25, 0.3) is 0 Å². The van der Waals surface area contributed by atoms with Crippen LogP contribution in [0.3, 0.4) is 0 Å². The fourth-order valence-corrected chi connectivity index (χ4v) is 2.34. The van der Waals surface area contributed by atoms with Crippen molar-refractivity contribution in [2.45, 2.75) is 19.2 Å². The Bertz CT molecular complexity index is 880. The quantitative estimate of drug-likeness (QED) is 0.412. The number of carbonyl (C=O) groups is 2. The van der Waals surface area contributed by atoms with Crippen molar-refractivity contribution in [2.24, 2.45) is 0 Å². The van der Waals surface area contributed by atoms with Crippen LogP contribution >= 0.6 is 0 Å². The lowest BCUT2D eigenvalue weighted by atomic mass is 9.99. The van der Waals surface area contributed by atoms with E-state index in [9.17, 15) is 38.0 Å². The van der Waals surface area contributed by atoms with Gasteiger partial charge in [-0.05, 0) is 17.7 Å². The monoisotopic (exact) mass is 382 g/mol. The molecule has 7 nitrogen and oxygen atoms in total. The largest absolute Gasteiger partial charge is 0.542 e. The lowest BCUT2D eigenvalue weighted by Crippen LogP contribution is -2.33. The summed E-state index contributed by atoms with van der Waals surface area (Å²) in [6, 6.07) is 9.59. The molecule has 0 fully saturated rings. The zero-order valence-electron chi connectivity index (χ0n) is 13.5. The van der Waals surface area contributed by atoms with Gasteiger partial charge in [-0.25, -0.2) is 0 Å². The van der Waals surface area contributed by atoms with E-state index in [4.69, 9.17) is 4.74 Å². The third kappa shape index (κ3) is 4.81. The summed E-state index contributed by atoms with van der Waals surface area (Å²) in [6.45, 7) is -0.180. The highest BCUT2D eigenvalue weighted by Gasteiger charge is 2.39. The molecule has 0 unspecified atom stereocenters. The summed E-state index contributed by atoms with van der Waals surface area (Å²) in [5, 5.41) is 22.0. The third-order valence-electron chi connectivity index (χ3n) is 3.54. The van der Waals surface area contributed by atoms with Crippen molar-refractivity contribution in [1.82, 2.24) is 0 Å². The predicted octanol–water partition coefficient (Wildman–Crippen LogP) is 2.05. The maximum absolute atomic E-state index is 13.2. The van der Waals surface area contributed by atoms with Gasteiger partial charge in [-0.3, -0.25) is 14.9 Å². The minimum absolute atomic E-state index is 0.180. The van der Waals surface area contributed by atoms with Gasteiger partial charge in [0.05, 0.1) is 16.1 Å². The number of carboxylic acids is 1. The number of ether oxygens (including phenoxy) is 1. The first-order valence-corrected chi connectivity index (χ1v) is 7.39. The molecule has 10 heteroatoms. The van der Waals surface area contributed by atoms with E-state index < -0.39 is 51.8 Å². The smallest absolute Gasteiger partial charge is 0.416 e. The molecule has 0 heterocycles. The number of nitro groups is 1. The van der Waals surface area contributed by atoms with Crippen LogP contribution in [0.15, 0.2) is 42.5 Å². The highest BCUT2D eigenvalue weighted by Crippen LogP contribution is 2.41. The molecule has 27 heavy (non-hydrogen) atoms. The maximum atomic E-state index is 13.2. The van der Waals surface area contributed by atoms with Gasteiger partial charge in [0.15, 0.2) is 11.5 Å². The van der Waals surface area contributed by atoms with E-state index in [2.05, 4.69) is 0 Å². The van der Waals surface area contributed by atoms with Crippen molar-refractivity contribution in [3.63, 3.8) is 0 Å². The summed E-state index contributed by atoms with van der Waals surface area (Å²) < 4.78 is 44.8. The molecule has 2 aromatic carbocycles. The van der Waals surface area contributed by atoms with Crippen molar-refractivity contribution in [1.29, 1.82) is 0 Å². The normalized spacial score (nSPS) is 11.1. The first-order valence-electron chi connectivity index (χ1n) is 7.39. The van der Waals surface area contributed by atoms with Gasteiger partial charge < -0.3 is 14.6 Å². The number of carbonyl (C=O) groups excluding carboxylic acids is 2. The van der Waals surface area contributed by atoms with E-state index in [1.54, 1.807) is 30.3 Å². The standard InChI is InChI=1S/C17H12F3NO6/c18-17(19,20)12-6-7-14(27-9-10-4-2-1-3-5-10)15(21(25)26)11(12)8-13(22)16(23)24/h1-7H,8-9H2,(H,23,24)/p-1. The van der Waals surface area contributed by atoms with Crippen LogP contribution in [0.1, 0.15) is 16.7 Å². The van der Waals surface area contributed by atoms with Gasteiger partial charge >= 0.3 is 11.9 Å². The Hall–Kier alpha value is -3.43. The summed E-state index contributed by atoms with van der Waals surface area (Å²) in [6.07, 6.45) is -6.39. The molecule has 0 saturated carbocycles. The molecule has 142 valence electrons. The topological polar surface area (TPSA) is 110 Å². The van der Waals surface area contributed by atoms with Crippen LogP contribution in [-0.2, 0) is 28.8 Å². The van der Waals surface area contributed by atoms with Gasteiger partial charge in [-0.15, -0.1) is 0 Å². The fourth-order valence-electron chi connectivity index (χ4n) is 2.34. The molecule has 0 atom stereocenters. The van der Waals surface area contributed by atoms with E-state index in [1.807, 2.05) is 0 Å². The van der Waals surface area contributed by atoms with E-state index in [0.717, 1.165) is 6.07 Å². The Kier molecular flexibility index (Phi) is 5.78. The number of aliphatic carboxylic acids is 1. The summed E-state index contributed by atoms with van der Waals surface area (Å²) in [5.74, 6) is -4.48. The van der Waals surface area contributed by atoms with Crippen molar-refractivity contribution in [3.8, 4) is 5.75 Å². The van der Waals surface area contributed by atoms with E-state index in [0.29, 0.717) is 11.6 Å². The molecular weight excluding hydrogens is 371 g/mol. The highest BCUT2D eigenvalue weighted by atomic mass is 19.4. The van der Waals surface area contributed by atoms with Crippen molar-refractivity contribution in [2.75, 3.05) is 0 Å². The van der Waals surface area contributed by atoms with Crippen LogP contribution < -0.4 is 9.84 Å². The molecule has 0 aliphatic carbocycles. The summed E-state index contributed by atoms with van der Waals surface area (Å²) in [5.41, 5.74) is -3.10. The molecule has 0 aliphatic rings. The maximum Gasteiger partial charge on any atom is 0.416 e. The second kappa shape index (κ2) is 7.85. The Morgan fingerprint density at radius 2 is 1.70 bits per heavy atom. The molecule has 2 aromatic rings. The number of carboxylic acid groups (broad SMARTS) is 1. The number of hydrogen-bond acceptors (Lipinski definition) is 6. The number of Topliss-reactive ketones (excluding diaryl/α,β-unsaturated/α-hetero) is 1. The molecule has 0 aliphatic heterocycles. The van der Waals surface area contributed by atoms with Crippen LogP contribution in [0.2, 0.25) is 0 Å². The van der Waals surface area contributed by atoms with Gasteiger partial charge in [0.25, 0.3) is 0 Å².